The third-order valence-corrected chi connectivity index (χ3v) is 6.18. The van der Waals surface area contributed by atoms with Gasteiger partial charge in [0.2, 0.25) is 11.8 Å². The van der Waals surface area contributed by atoms with Crippen LogP contribution in [0.4, 0.5) is 16.2 Å². The molecule has 3 aliphatic rings. The molecule has 0 bridgehead atoms. The van der Waals surface area contributed by atoms with Gasteiger partial charge in [-0.1, -0.05) is 30.3 Å². The molecule has 164 valence electrons. The van der Waals surface area contributed by atoms with Crippen LogP contribution in [0, 0.1) is 0 Å². The van der Waals surface area contributed by atoms with Crippen molar-refractivity contribution in [3.8, 4) is 5.75 Å². The number of fused-ring (bicyclic) bond motifs is 3. The van der Waals surface area contributed by atoms with Crippen LogP contribution in [0.1, 0.15) is 25.3 Å². The molecule has 5 rings (SSSR count). The summed E-state index contributed by atoms with van der Waals surface area (Å²) in [5.41, 5.74) is 0.394. The van der Waals surface area contributed by atoms with Crippen LogP contribution in [0.3, 0.4) is 0 Å². The van der Waals surface area contributed by atoms with Gasteiger partial charge in [-0.25, -0.2) is 4.79 Å². The van der Waals surface area contributed by atoms with E-state index in [0.29, 0.717) is 22.7 Å². The summed E-state index contributed by atoms with van der Waals surface area (Å²) in [6, 6.07) is 13.0. The minimum absolute atomic E-state index is 0.106. The van der Waals surface area contributed by atoms with Gasteiger partial charge in [0.25, 0.3) is 5.91 Å². The number of imide groups is 1. The number of anilines is 2. The smallest absolute Gasteiger partial charge is 0.325 e. The van der Waals surface area contributed by atoms with Crippen molar-refractivity contribution in [2.75, 3.05) is 23.4 Å². The largest absolute Gasteiger partial charge is 0.493 e. The number of benzene rings is 2. The summed E-state index contributed by atoms with van der Waals surface area (Å²) in [6.07, 6.45) is 0.385. The van der Waals surface area contributed by atoms with Crippen molar-refractivity contribution in [2.24, 2.45) is 0 Å². The summed E-state index contributed by atoms with van der Waals surface area (Å²) in [6.45, 7) is 1.61. The Morgan fingerprint density at radius 2 is 1.88 bits per heavy atom. The van der Waals surface area contributed by atoms with Gasteiger partial charge in [0.1, 0.15) is 12.3 Å². The molecule has 3 aliphatic heterocycles. The highest BCUT2D eigenvalue weighted by atomic mass is 16.5. The molecule has 9 nitrogen and oxygen atoms in total. The zero-order chi connectivity index (χ0) is 22.5. The average molecular weight is 434 g/mol. The molecule has 0 aromatic heterocycles. The van der Waals surface area contributed by atoms with Crippen LogP contribution in [-0.2, 0) is 19.9 Å². The first-order valence-electron chi connectivity index (χ1n) is 10.5. The summed E-state index contributed by atoms with van der Waals surface area (Å²) < 4.78 is 5.65. The number of ether oxygens (including phenoxy) is 1. The molecule has 32 heavy (non-hydrogen) atoms. The summed E-state index contributed by atoms with van der Waals surface area (Å²) in [5, 5.41) is 5.60. The third kappa shape index (κ3) is 3.00. The fourth-order valence-corrected chi connectivity index (χ4v) is 4.69. The lowest BCUT2D eigenvalue weighted by molar-refractivity contribution is -0.135. The normalized spacial score (nSPS) is 24.3. The topological polar surface area (TPSA) is 108 Å². The zero-order valence-corrected chi connectivity index (χ0v) is 17.5. The standard InChI is InChI=1S/C23H22N4O5/c1-14-12-19(28)24-16-7-3-4-8-17(16)27(14)20(29)13-26-21(30)23(25-22(26)31)10-11-32-18-9-5-2-6-15(18)23/h2-9,14H,10-13H2,1H3,(H,24,28)(H,25,31)/t14-,23+/m1/s1. The highest BCUT2D eigenvalue weighted by Crippen LogP contribution is 2.41. The number of rotatable bonds is 2. The van der Waals surface area contributed by atoms with E-state index in [1.807, 2.05) is 0 Å². The van der Waals surface area contributed by atoms with Crippen molar-refractivity contribution < 1.29 is 23.9 Å². The molecule has 0 unspecified atom stereocenters. The van der Waals surface area contributed by atoms with Gasteiger partial charge in [-0.2, -0.15) is 0 Å². The van der Waals surface area contributed by atoms with Gasteiger partial charge < -0.3 is 20.3 Å². The van der Waals surface area contributed by atoms with Gasteiger partial charge in [-0.15, -0.1) is 0 Å². The van der Waals surface area contributed by atoms with Crippen LogP contribution in [-0.4, -0.2) is 47.8 Å². The van der Waals surface area contributed by atoms with Gasteiger partial charge in [-0.3, -0.25) is 19.3 Å². The molecule has 5 amide bonds. The predicted molar refractivity (Wildman–Crippen MR) is 115 cm³/mol. The Balaban J connectivity index is 1.45. The van der Waals surface area contributed by atoms with Crippen molar-refractivity contribution in [1.82, 2.24) is 10.2 Å². The Kier molecular flexibility index (Phi) is 4.61. The second-order valence-electron chi connectivity index (χ2n) is 8.20. The molecule has 1 fully saturated rings. The van der Waals surface area contributed by atoms with Gasteiger partial charge in [0.05, 0.1) is 18.0 Å². The summed E-state index contributed by atoms with van der Waals surface area (Å²) in [5.74, 6) is -0.577. The van der Waals surface area contributed by atoms with E-state index in [9.17, 15) is 19.2 Å². The fraction of sp³-hybridized carbons (Fsp3) is 0.304. The maximum absolute atomic E-state index is 13.5. The molecule has 1 saturated heterocycles. The number of hydrogen-bond donors (Lipinski definition) is 2. The number of nitrogens with one attached hydrogen (secondary N) is 2. The van der Waals surface area contributed by atoms with E-state index in [1.54, 1.807) is 55.5 Å². The molecule has 2 aromatic carbocycles. The molecule has 9 heteroatoms. The maximum Gasteiger partial charge on any atom is 0.325 e. The highest BCUT2D eigenvalue weighted by molar-refractivity contribution is 6.12. The molecule has 2 aromatic rings. The summed E-state index contributed by atoms with van der Waals surface area (Å²) >= 11 is 0. The Morgan fingerprint density at radius 3 is 2.72 bits per heavy atom. The van der Waals surface area contributed by atoms with Gasteiger partial charge in [0.15, 0.2) is 5.54 Å². The maximum atomic E-state index is 13.5. The van der Waals surface area contributed by atoms with Crippen molar-refractivity contribution >= 4 is 35.1 Å². The Hall–Kier alpha value is -3.88. The van der Waals surface area contributed by atoms with Gasteiger partial charge in [-0.05, 0) is 25.1 Å². The molecule has 0 saturated carbocycles. The van der Waals surface area contributed by atoms with Crippen LogP contribution >= 0.6 is 0 Å². The molecule has 1 spiro atoms. The van der Waals surface area contributed by atoms with E-state index >= 15 is 0 Å². The van der Waals surface area contributed by atoms with Crippen molar-refractivity contribution in [3.05, 3.63) is 54.1 Å². The molecule has 2 N–H and O–H groups in total. The SMILES string of the molecule is C[C@@H]1CC(=O)Nc2ccccc2N1C(=O)CN1C(=O)N[C@]2(CCOc3ccccc32)C1=O. The fourth-order valence-electron chi connectivity index (χ4n) is 4.69. The first-order valence-corrected chi connectivity index (χ1v) is 10.5. The minimum atomic E-state index is -1.24. The van der Waals surface area contributed by atoms with Crippen LogP contribution in [0.15, 0.2) is 48.5 Å². The van der Waals surface area contributed by atoms with Crippen LogP contribution in [0.25, 0.3) is 0 Å². The van der Waals surface area contributed by atoms with E-state index in [-0.39, 0.29) is 25.4 Å². The lowest BCUT2D eigenvalue weighted by atomic mass is 9.84. The lowest BCUT2D eigenvalue weighted by Crippen LogP contribution is -2.49. The monoisotopic (exact) mass is 434 g/mol. The Bertz CT molecular complexity index is 1150. The van der Waals surface area contributed by atoms with Crippen LogP contribution in [0.2, 0.25) is 0 Å². The quantitative estimate of drug-likeness (QED) is 0.703. The van der Waals surface area contributed by atoms with E-state index in [0.717, 1.165) is 4.90 Å². The van der Waals surface area contributed by atoms with Crippen molar-refractivity contribution in [2.45, 2.75) is 31.3 Å². The van der Waals surface area contributed by atoms with Crippen LogP contribution in [0.5, 0.6) is 5.75 Å². The predicted octanol–water partition coefficient (Wildman–Crippen LogP) is 1.98. The number of carbonyl (C=O) groups excluding carboxylic acids is 4. The number of amides is 5. The second-order valence-corrected chi connectivity index (χ2v) is 8.20. The zero-order valence-electron chi connectivity index (χ0n) is 17.5. The minimum Gasteiger partial charge on any atom is -0.493 e. The molecule has 0 aliphatic carbocycles. The summed E-state index contributed by atoms with van der Waals surface area (Å²) in [7, 11) is 0. The van der Waals surface area contributed by atoms with Crippen molar-refractivity contribution in [1.29, 1.82) is 0 Å². The van der Waals surface area contributed by atoms with E-state index in [2.05, 4.69) is 10.6 Å². The van der Waals surface area contributed by atoms with Gasteiger partial charge >= 0.3 is 6.03 Å². The van der Waals surface area contributed by atoms with E-state index in [4.69, 9.17) is 4.74 Å². The number of para-hydroxylation sites is 3. The molecular formula is C23H22N4O5. The summed E-state index contributed by atoms with van der Waals surface area (Å²) in [4.78, 5) is 54.3. The van der Waals surface area contributed by atoms with E-state index in [1.165, 1.54) is 4.90 Å². The Morgan fingerprint density at radius 1 is 1.12 bits per heavy atom. The molecule has 2 atom stereocenters. The number of carbonyl (C=O) groups is 4. The average Bonchev–Trinajstić information content (AvgIpc) is 2.91. The Labute approximate surface area is 184 Å². The number of nitrogens with zero attached hydrogens (tertiary/aromatic N) is 2. The van der Waals surface area contributed by atoms with E-state index < -0.39 is 36.0 Å². The first kappa shape index (κ1) is 20.0. The molecule has 0 radical (unpaired) electrons. The van der Waals surface area contributed by atoms with Crippen LogP contribution < -0.4 is 20.3 Å². The third-order valence-electron chi connectivity index (χ3n) is 6.18. The number of hydrogen-bond acceptors (Lipinski definition) is 5. The van der Waals surface area contributed by atoms with Crippen molar-refractivity contribution in [3.63, 3.8) is 0 Å². The lowest BCUT2D eigenvalue weighted by Gasteiger charge is -2.33. The first-order chi connectivity index (χ1) is 15.4. The molecular weight excluding hydrogens is 412 g/mol. The van der Waals surface area contributed by atoms with Gasteiger partial charge in [0, 0.05) is 24.4 Å². The second kappa shape index (κ2) is 7.37. The number of urea groups is 1. The molecule has 3 heterocycles. The highest BCUT2D eigenvalue weighted by Gasteiger charge is 2.55.